The number of methoxy groups -OCH3 is 1. The molecule has 0 saturated carbocycles. The monoisotopic (exact) mass is 291 g/mol. The lowest BCUT2D eigenvalue weighted by Crippen LogP contribution is -2.29. The van der Waals surface area contributed by atoms with Crippen molar-refractivity contribution in [1.29, 1.82) is 0 Å². The van der Waals surface area contributed by atoms with E-state index in [0.717, 1.165) is 0 Å². The Kier molecular flexibility index (Phi) is 4.15. The first-order valence-corrected chi connectivity index (χ1v) is 5.62. The van der Waals surface area contributed by atoms with Gasteiger partial charge in [0, 0.05) is 16.6 Å². The first-order chi connectivity index (χ1) is 7.42. The van der Waals surface area contributed by atoms with E-state index >= 15 is 0 Å². The molecule has 1 unspecified atom stereocenters. The molecule has 0 aliphatic heterocycles. The van der Waals surface area contributed by atoms with Gasteiger partial charge in [0.05, 0.1) is 7.11 Å². The topological polar surface area (TPSA) is 41.5 Å². The van der Waals surface area contributed by atoms with E-state index in [9.17, 15) is 9.50 Å². The molecule has 1 aromatic carbocycles. The number of alkyl halides is 1. The maximum atomic E-state index is 14.3. The molecule has 1 atom stereocenters. The van der Waals surface area contributed by atoms with Crippen molar-refractivity contribution in [2.24, 2.45) is 0 Å². The van der Waals surface area contributed by atoms with Crippen LogP contribution in [0, 0.1) is 0 Å². The average Bonchev–Trinajstić information content (AvgIpc) is 2.20. The normalized spacial score (nSPS) is 14.6. The van der Waals surface area contributed by atoms with Gasteiger partial charge in [0.25, 0.3) is 0 Å². The summed E-state index contributed by atoms with van der Waals surface area (Å²) in [4.78, 5) is 0. The van der Waals surface area contributed by atoms with Crippen LogP contribution in [0.15, 0.2) is 16.6 Å². The highest BCUT2D eigenvalue weighted by Gasteiger charge is 2.28. The van der Waals surface area contributed by atoms with E-state index in [4.69, 9.17) is 4.74 Å². The number of nitrogens with one attached hydrogen (secondary N) is 1. The number of phenolic OH excluding ortho intramolecular Hbond substituents is 1. The van der Waals surface area contributed by atoms with Crippen molar-refractivity contribution < 1.29 is 14.2 Å². The number of hydrogen-bond donors (Lipinski definition) is 2. The van der Waals surface area contributed by atoms with Crippen LogP contribution in [0.5, 0.6) is 11.5 Å². The summed E-state index contributed by atoms with van der Waals surface area (Å²) in [5, 5.41) is 12.4. The fraction of sp³-hybridized carbons (Fsp3) is 0.455. The Morgan fingerprint density at radius 2 is 2.19 bits per heavy atom. The molecule has 2 N–H and O–H groups in total. The molecule has 5 heteroatoms. The standard InChI is InChI=1S/C11H15BrFNO2/c1-11(13,6-14-2)7-4-9(15)10(16-3)5-8(7)12/h4-5,14-15H,6H2,1-3H3. The second kappa shape index (κ2) is 5.01. The molecule has 90 valence electrons. The molecular formula is C11H15BrFNO2. The second-order valence-electron chi connectivity index (χ2n) is 3.73. The van der Waals surface area contributed by atoms with Crippen LogP contribution in [0.3, 0.4) is 0 Å². The highest BCUT2D eigenvalue weighted by molar-refractivity contribution is 9.10. The van der Waals surface area contributed by atoms with Gasteiger partial charge in [-0.05, 0) is 26.1 Å². The van der Waals surface area contributed by atoms with E-state index in [1.54, 1.807) is 13.1 Å². The first kappa shape index (κ1) is 13.3. The van der Waals surface area contributed by atoms with Gasteiger partial charge >= 0.3 is 0 Å². The van der Waals surface area contributed by atoms with Gasteiger partial charge in [0.1, 0.15) is 5.67 Å². The summed E-state index contributed by atoms with van der Waals surface area (Å²) in [5.74, 6) is 0.247. The number of rotatable bonds is 4. The summed E-state index contributed by atoms with van der Waals surface area (Å²) >= 11 is 3.27. The first-order valence-electron chi connectivity index (χ1n) is 4.83. The third-order valence-corrected chi connectivity index (χ3v) is 2.99. The lowest BCUT2D eigenvalue weighted by molar-refractivity contribution is 0.189. The second-order valence-corrected chi connectivity index (χ2v) is 4.59. The number of ether oxygens (including phenoxy) is 1. The summed E-state index contributed by atoms with van der Waals surface area (Å²) in [6, 6.07) is 2.93. The SMILES string of the molecule is CNCC(C)(F)c1cc(O)c(OC)cc1Br. The van der Waals surface area contributed by atoms with Crippen LogP contribution in [-0.2, 0) is 5.67 Å². The van der Waals surface area contributed by atoms with Crippen molar-refractivity contribution >= 4 is 15.9 Å². The van der Waals surface area contributed by atoms with Crippen molar-refractivity contribution in [2.75, 3.05) is 20.7 Å². The molecule has 0 radical (unpaired) electrons. The quantitative estimate of drug-likeness (QED) is 0.896. The Morgan fingerprint density at radius 3 is 2.69 bits per heavy atom. The Balaban J connectivity index is 3.20. The lowest BCUT2D eigenvalue weighted by atomic mass is 9.97. The summed E-state index contributed by atoms with van der Waals surface area (Å²) in [5.41, 5.74) is -1.17. The molecule has 16 heavy (non-hydrogen) atoms. The Hall–Kier alpha value is -0.810. The van der Waals surface area contributed by atoms with Crippen molar-refractivity contribution in [3.05, 3.63) is 22.2 Å². The van der Waals surface area contributed by atoms with Gasteiger partial charge < -0.3 is 15.2 Å². The van der Waals surface area contributed by atoms with E-state index < -0.39 is 5.67 Å². The van der Waals surface area contributed by atoms with Crippen molar-refractivity contribution in [2.45, 2.75) is 12.6 Å². The fourth-order valence-electron chi connectivity index (χ4n) is 1.53. The van der Waals surface area contributed by atoms with Crippen LogP contribution in [-0.4, -0.2) is 25.8 Å². The summed E-state index contributed by atoms with van der Waals surface area (Å²) < 4.78 is 19.8. The number of benzene rings is 1. The predicted molar refractivity (Wildman–Crippen MR) is 64.7 cm³/mol. The maximum absolute atomic E-state index is 14.3. The molecule has 3 nitrogen and oxygen atoms in total. The minimum absolute atomic E-state index is 0.0688. The minimum atomic E-state index is -1.56. The molecule has 0 bridgehead atoms. The van der Waals surface area contributed by atoms with E-state index in [1.165, 1.54) is 20.1 Å². The van der Waals surface area contributed by atoms with E-state index in [0.29, 0.717) is 15.8 Å². The van der Waals surface area contributed by atoms with Gasteiger partial charge in [-0.1, -0.05) is 15.9 Å². The summed E-state index contributed by atoms with van der Waals surface area (Å²) in [7, 11) is 3.12. The lowest BCUT2D eigenvalue weighted by Gasteiger charge is -2.22. The van der Waals surface area contributed by atoms with E-state index in [1.807, 2.05) is 0 Å². The Morgan fingerprint density at radius 1 is 1.56 bits per heavy atom. The molecule has 0 aliphatic rings. The van der Waals surface area contributed by atoms with E-state index in [2.05, 4.69) is 21.2 Å². The summed E-state index contributed by atoms with van der Waals surface area (Å²) in [6.45, 7) is 1.62. The highest BCUT2D eigenvalue weighted by atomic mass is 79.9. The Labute approximate surface area is 103 Å². The predicted octanol–water partition coefficient (Wildman–Crippen LogP) is 2.57. The molecule has 0 saturated heterocycles. The van der Waals surface area contributed by atoms with Crippen LogP contribution in [0.1, 0.15) is 12.5 Å². The van der Waals surface area contributed by atoms with Gasteiger partial charge in [0.15, 0.2) is 11.5 Å². The minimum Gasteiger partial charge on any atom is -0.504 e. The van der Waals surface area contributed by atoms with Crippen LogP contribution >= 0.6 is 15.9 Å². The third-order valence-electron chi connectivity index (χ3n) is 2.34. The molecule has 1 aromatic rings. The number of phenols is 1. The van der Waals surface area contributed by atoms with Crippen LogP contribution < -0.4 is 10.1 Å². The molecule has 1 rings (SSSR count). The van der Waals surface area contributed by atoms with Gasteiger partial charge in [-0.3, -0.25) is 0 Å². The molecule has 0 fully saturated rings. The largest absolute Gasteiger partial charge is 0.504 e. The molecule has 0 heterocycles. The summed E-state index contributed by atoms with van der Waals surface area (Å²) in [6.07, 6.45) is 0. The van der Waals surface area contributed by atoms with Gasteiger partial charge in [0.2, 0.25) is 0 Å². The molecule has 0 aliphatic carbocycles. The number of halogens is 2. The number of hydrogen-bond acceptors (Lipinski definition) is 3. The fourth-order valence-corrected chi connectivity index (χ4v) is 2.27. The van der Waals surface area contributed by atoms with Gasteiger partial charge in [-0.2, -0.15) is 0 Å². The molecule has 0 amide bonds. The zero-order valence-electron chi connectivity index (χ0n) is 9.47. The zero-order valence-corrected chi connectivity index (χ0v) is 11.1. The van der Waals surface area contributed by atoms with Gasteiger partial charge in [-0.25, -0.2) is 4.39 Å². The van der Waals surface area contributed by atoms with Crippen LogP contribution in [0.25, 0.3) is 0 Å². The van der Waals surface area contributed by atoms with Crippen molar-refractivity contribution in [3.8, 4) is 11.5 Å². The average molecular weight is 292 g/mol. The molecule has 0 spiro atoms. The smallest absolute Gasteiger partial charge is 0.161 e. The third kappa shape index (κ3) is 2.65. The number of likely N-dealkylation sites (N-methyl/N-ethyl adjacent to an activating group) is 1. The maximum Gasteiger partial charge on any atom is 0.161 e. The zero-order chi connectivity index (χ0) is 12.3. The van der Waals surface area contributed by atoms with Crippen LogP contribution in [0.2, 0.25) is 0 Å². The number of aromatic hydroxyl groups is 1. The van der Waals surface area contributed by atoms with Crippen molar-refractivity contribution in [1.82, 2.24) is 5.32 Å². The Bertz CT molecular complexity index is 382. The van der Waals surface area contributed by atoms with E-state index in [-0.39, 0.29) is 12.3 Å². The van der Waals surface area contributed by atoms with Crippen molar-refractivity contribution in [3.63, 3.8) is 0 Å². The highest BCUT2D eigenvalue weighted by Crippen LogP contribution is 2.38. The van der Waals surface area contributed by atoms with Gasteiger partial charge in [-0.15, -0.1) is 0 Å². The molecule has 0 aromatic heterocycles. The van der Waals surface area contributed by atoms with Crippen LogP contribution in [0.4, 0.5) is 4.39 Å². The molecular weight excluding hydrogens is 277 g/mol.